The molecule has 3 rings (SSSR count). The Kier molecular flexibility index (Phi) is 3.33. The first kappa shape index (κ1) is 12.9. The first-order valence-corrected chi connectivity index (χ1v) is 6.97. The van der Waals surface area contributed by atoms with Gasteiger partial charge in [0.05, 0.1) is 0 Å². The number of carbonyl (C=O) groups excluding carboxylic acids is 1. The highest BCUT2D eigenvalue weighted by Crippen LogP contribution is 2.34. The topological polar surface area (TPSA) is 29.1 Å². The molecule has 20 heavy (non-hydrogen) atoms. The van der Waals surface area contributed by atoms with Crippen LogP contribution in [0.2, 0.25) is 5.02 Å². The maximum atomic E-state index is 12.0. The van der Waals surface area contributed by atoms with Crippen LogP contribution in [0.4, 0.5) is 5.69 Å². The van der Waals surface area contributed by atoms with Crippen LogP contribution in [0, 0.1) is 0 Å². The molecule has 2 nitrogen and oxygen atoms in total. The number of rotatable bonds is 2. The highest BCUT2D eigenvalue weighted by atomic mass is 35.5. The third-order valence-electron chi connectivity index (χ3n) is 3.46. The van der Waals surface area contributed by atoms with E-state index in [1.54, 1.807) is 6.07 Å². The molecule has 0 saturated heterocycles. The number of nitrogens with one attached hydrogen (secondary N) is 1. The zero-order chi connectivity index (χ0) is 14.1. The summed E-state index contributed by atoms with van der Waals surface area (Å²) in [7, 11) is 0. The van der Waals surface area contributed by atoms with Gasteiger partial charge in [0.25, 0.3) is 5.91 Å². The molecule has 1 heterocycles. The van der Waals surface area contributed by atoms with Gasteiger partial charge < -0.3 is 5.32 Å². The minimum Gasteiger partial charge on any atom is -0.321 e. The van der Waals surface area contributed by atoms with Crippen LogP contribution in [0.3, 0.4) is 0 Å². The highest BCUT2D eigenvalue weighted by molar-refractivity contribution is 6.36. The second kappa shape index (κ2) is 5.14. The van der Waals surface area contributed by atoms with E-state index < -0.39 is 0 Å². The minimum atomic E-state index is -0.0816. The van der Waals surface area contributed by atoms with Gasteiger partial charge in [-0.05, 0) is 41.8 Å². The van der Waals surface area contributed by atoms with Crippen molar-refractivity contribution < 1.29 is 4.79 Å². The Morgan fingerprint density at radius 2 is 1.90 bits per heavy atom. The Morgan fingerprint density at radius 3 is 2.60 bits per heavy atom. The molecule has 0 unspecified atom stereocenters. The van der Waals surface area contributed by atoms with E-state index in [4.69, 9.17) is 11.6 Å². The van der Waals surface area contributed by atoms with Gasteiger partial charge in [0.15, 0.2) is 0 Å². The number of fused-ring (bicyclic) bond motifs is 1. The molecule has 0 spiro atoms. The molecule has 3 heteroatoms. The lowest BCUT2D eigenvalue weighted by Gasteiger charge is -2.01. The Bertz CT molecular complexity index is 701. The van der Waals surface area contributed by atoms with Crippen LogP contribution in [-0.4, -0.2) is 5.91 Å². The van der Waals surface area contributed by atoms with Gasteiger partial charge >= 0.3 is 0 Å². The van der Waals surface area contributed by atoms with Crippen molar-refractivity contribution in [1.29, 1.82) is 0 Å². The summed E-state index contributed by atoms with van der Waals surface area (Å²) in [6.45, 7) is 2.12. The third-order valence-corrected chi connectivity index (χ3v) is 3.70. The van der Waals surface area contributed by atoms with Gasteiger partial charge in [0.2, 0.25) is 0 Å². The smallest absolute Gasteiger partial charge is 0.256 e. The molecule has 0 aliphatic carbocycles. The molecular weight excluding hydrogens is 270 g/mol. The van der Waals surface area contributed by atoms with E-state index in [0.29, 0.717) is 10.6 Å². The molecule has 1 aliphatic rings. The molecule has 0 atom stereocenters. The van der Waals surface area contributed by atoms with E-state index in [1.165, 1.54) is 5.56 Å². The lowest BCUT2D eigenvalue weighted by Crippen LogP contribution is -2.03. The first-order chi connectivity index (χ1) is 9.67. The monoisotopic (exact) mass is 283 g/mol. The van der Waals surface area contributed by atoms with Crippen LogP contribution in [0.15, 0.2) is 42.5 Å². The summed E-state index contributed by atoms with van der Waals surface area (Å²) in [4.78, 5) is 12.0. The first-order valence-electron chi connectivity index (χ1n) is 6.59. The van der Waals surface area contributed by atoms with E-state index >= 15 is 0 Å². The van der Waals surface area contributed by atoms with Crippen molar-refractivity contribution in [3.05, 3.63) is 64.2 Å². The van der Waals surface area contributed by atoms with Gasteiger partial charge in [-0.1, -0.05) is 42.8 Å². The van der Waals surface area contributed by atoms with Gasteiger partial charge in [-0.15, -0.1) is 0 Å². The predicted molar refractivity (Wildman–Crippen MR) is 83.8 cm³/mol. The average Bonchev–Trinajstić information content (AvgIpc) is 2.76. The summed E-state index contributed by atoms with van der Waals surface area (Å²) < 4.78 is 0. The molecule has 100 valence electrons. The molecule has 2 aromatic rings. The van der Waals surface area contributed by atoms with Crippen LogP contribution in [-0.2, 0) is 11.2 Å². The number of benzene rings is 2. The molecule has 0 bridgehead atoms. The number of carbonyl (C=O) groups is 1. The summed E-state index contributed by atoms with van der Waals surface area (Å²) in [6.07, 6.45) is 2.91. The van der Waals surface area contributed by atoms with Crippen LogP contribution in [0.1, 0.15) is 23.6 Å². The van der Waals surface area contributed by atoms with Crippen LogP contribution in [0.5, 0.6) is 0 Å². The number of aryl methyl sites for hydroxylation is 1. The van der Waals surface area contributed by atoms with Crippen LogP contribution < -0.4 is 5.32 Å². The SMILES string of the molecule is CCc1ccc(/C=C2/C(=O)Nc3ccc(Cl)cc32)cc1. The lowest BCUT2D eigenvalue weighted by atomic mass is 10.0. The van der Waals surface area contributed by atoms with Crippen molar-refractivity contribution in [1.82, 2.24) is 0 Å². The van der Waals surface area contributed by atoms with Crippen molar-refractivity contribution in [2.24, 2.45) is 0 Å². The average molecular weight is 284 g/mol. The van der Waals surface area contributed by atoms with E-state index in [9.17, 15) is 4.79 Å². The highest BCUT2D eigenvalue weighted by Gasteiger charge is 2.23. The second-order valence-electron chi connectivity index (χ2n) is 4.80. The quantitative estimate of drug-likeness (QED) is 0.814. The van der Waals surface area contributed by atoms with Gasteiger partial charge in [-0.3, -0.25) is 4.79 Å². The van der Waals surface area contributed by atoms with Crippen molar-refractivity contribution in [3.8, 4) is 0 Å². The minimum absolute atomic E-state index is 0.0816. The van der Waals surface area contributed by atoms with Crippen molar-refractivity contribution in [2.75, 3.05) is 5.32 Å². The fourth-order valence-electron chi connectivity index (χ4n) is 2.32. The van der Waals surface area contributed by atoms with Crippen molar-refractivity contribution in [3.63, 3.8) is 0 Å². The zero-order valence-corrected chi connectivity index (χ0v) is 11.9. The molecule has 1 aliphatic heterocycles. The van der Waals surface area contributed by atoms with Crippen molar-refractivity contribution in [2.45, 2.75) is 13.3 Å². The van der Waals surface area contributed by atoms with Gasteiger partial charge in [-0.25, -0.2) is 0 Å². The molecule has 0 aromatic heterocycles. The Hall–Kier alpha value is -2.06. The summed E-state index contributed by atoms with van der Waals surface area (Å²) in [5, 5.41) is 3.48. The zero-order valence-electron chi connectivity index (χ0n) is 11.1. The Labute approximate surface area is 123 Å². The maximum Gasteiger partial charge on any atom is 0.256 e. The number of halogens is 1. The number of hydrogen-bond donors (Lipinski definition) is 1. The van der Waals surface area contributed by atoms with E-state index in [-0.39, 0.29) is 5.91 Å². The third kappa shape index (κ3) is 2.35. The maximum absolute atomic E-state index is 12.0. The summed E-state index contributed by atoms with van der Waals surface area (Å²) in [5.41, 5.74) is 4.64. The molecule has 1 amide bonds. The summed E-state index contributed by atoms with van der Waals surface area (Å²) >= 11 is 6.01. The normalized spacial score (nSPS) is 15.3. The largest absolute Gasteiger partial charge is 0.321 e. The molecule has 1 N–H and O–H groups in total. The standard InChI is InChI=1S/C17H14ClNO/c1-2-11-3-5-12(6-4-11)9-15-14-10-13(18)7-8-16(14)19-17(15)20/h3-10H,2H2,1H3,(H,19,20)/b15-9+. The number of amides is 1. The molecule has 0 radical (unpaired) electrons. The van der Waals surface area contributed by atoms with E-state index in [0.717, 1.165) is 23.2 Å². The van der Waals surface area contributed by atoms with Crippen LogP contribution in [0.25, 0.3) is 11.6 Å². The Morgan fingerprint density at radius 1 is 1.15 bits per heavy atom. The summed E-state index contributed by atoms with van der Waals surface area (Å²) in [5.74, 6) is -0.0816. The fraction of sp³-hybridized carbons (Fsp3) is 0.118. The van der Waals surface area contributed by atoms with Gasteiger partial charge in [-0.2, -0.15) is 0 Å². The Balaban J connectivity index is 2.03. The molecule has 0 saturated carbocycles. The number of anilines is 1. The second-order valence-corrected chi connectivity index (χ2v) is 5.23. The van der Waals surface area contributed by atoms with E-state index in [2.05, 4.69) is 24.4 Å². The fourth-order valence-corrected chi connectivity index (χ4v) is 2.49. The molecule has 2 aromatic carbocycles. The predicted octanol–water partition coefficient (Wildman–Crippen LogP) is 4.40. The van der Waals surface area contributed by atoms with E-state index in [1.807, 2.05) is 30.3 Å². The summed E-state index contributed by atoms with van der Waals surface area (Å²) in [6, 6.07) is 13.6. The van der Waals surface area contributed by atoms with Gasteiger partial charge in [0.1, 0.15) is 0 Å². The lowest BCUT2D eigenvalue weighted by molar-refractivity contribution is -0.110. The molecule has 0 fully saturated rings. The number of hydrogen-bond acceptors (Lipinski definition) is 1. The molecular formula is C17H14ClNO. The van der Waals surface area contributed by atoms with Crippen LogP contribution >= 0.6 is 11.6 Å². The van der Waals surface area contributed by atoms with Gasteiger partial charge in [0, 0.05) is 21.8 Å². The van der Waals surface area contributed by atoms with Crippen molar-refractivity contribution >= 4 is 34.8 Å².